The Morgan fingerprint density at radius 1 is 0.861 bits per heavy atom. The molecule has 1 aliphatic carbocycles. The minimum Gasteiger partial charge on any atom is -0.494 e. The van der Waals surface area contributed by atoms with Crippen LogP contribution in [0.2, 0.25) is 0 Å². The summed E-state index contributed by atoms with van der Waals surface area (Å²) in [5.74, 6) is 0.00571. The van der Waals surface area contributed by atoms with Crippen molar-refractivity contribution >= 4 is 11.9 Å². The van der Waals surface area contributed by atoms with Gasteiger partial charge in [-0.2, -0.15) is 9.78 Å². The minimum absolute atomic E-state index is 0.0357. The average molecular weight is 499 g/mol. The third-order valence-corrected chi connectivity index (χ3v) is 5.76. The lowest BCUT2D eigenvalue weighted by Crippen LogP contribution is -2.48. The maximum Gasteiger partial charge on any atom is 0.373 e. The van der Waals surface area contributed by atoms with E-state index in [0.29, 0.717) is 55.1 Å². The first-order chi connectivity index (χ1) is 17.3. The van der Waals surface area contributed by atoms with Gasteiger partial charge in [0.2, 0.25) is 0 Å². The summed E-state index contributed by atoms with van der Waals surface area (Å²) >= 11 is 0. The molecule has 0 bridgehead atoms. The van der Waals surface area contributed by atoms with E-state index < -0.39 is 23.6 Å². The Hall–Kier alpha value is -3.10. The fourth-order valence-electron chi connectivity index (χ4n) is 3.60. The summed E-state index contributed by atoms with van der Waals surface area (Å²) in [6.07, 6.45) is 2.46. The van der Waals surface area contributed by atoms with Gasteiger partial charge in [-0.25, -0.2) is 9.59 Å². The number of carbonyl (C=O) groups is 2. The lowest BCUT2D eigenvalue weighted by atomic mass is 9.78. The Morgan fingerprint density at radius 2 is 1.36 bits per heavy atom. The molecule has 1 fully saturated rings. The molecule has 0 amide bonds. The van der Waals surface area contributed by atoms with E-state index in [1.54, 1.807) is 48.5 Å². The predicted octanol–water partition coefficient (Wildman–Crippen LogP) is 5.72. The van der Waals surface area contributed by atoms with Gasteiger partial charge in [-0.05, 0) is 93.5 Å². The standard InChI is InChI=1S/C28H34O8/c1-5-17-31-23-11-7-21(8-12-23)26(29)34-33-25-19-20(3)15-16-28(25,4)36-35-27(30)22-9-13-24(14-10-22)32-18-6-2/h7-14,20,25H,3-6,15-19H2,1-2H3. The lowest BCUT2D eigenvalue weighted by Gasteiger charge is -2.39. The highest BCUT2D eigenvalue weighted by atomic mass is 17.2. The number of hydrogen-bond acceptors (Lipinski definition) is 8. The molecule has 1 aliphatic rings. The van der Waals surface area contributed by atoms with E-state index in [-0.39, 0.29) is 5.92 Å². The normalized spacial score (nSPS) is 21.4. The monoisotopic (exact) mass is 498 g/mol. The molecular formula is C28H34O8. The molecule has 3 rings (SSSR count). The molecule has 3 unspecified atom stereocenters. The molecule has 2 aromatic carbocycles. The molecule has 0 aliphatic heterocycles. The van der Waals surface area contributed by atoms with E-state index in [2.05, 4.69) is 13.8 Å². The van der Waals surface area contributed by atoms with Gasteiger partial charge in [0.25, 0.3) is 0 Å². The first-order valence-electron chi connectivity index (χ1n) is 12.3. The fourth-order valence-corrected chi connectivity index (χ4v) is 3.60. The maximum atomic E-state index is 12.5. The van der Waals surface area contributed by atoms with Crippen LogP contribution in [0.25, 0.3) is 0 Å². The minimum atomic E-state index is -1.27. The van der Waals surface area contributed by atoms with Crippen LogP contribution in [0, 0.1) is 19.8 Å². The quantitative estimate of drug-likeness (QED) is 0.271. The molecule has 2 aromatic rings. The summed E-state index contributed by atoms with van der Waals surface area (Å²) < 4.78 is 11.0. The van der Waals surface area contributed by atoms with E-state index >= 15 is 0 Å². The van der Waals surface area contributed by atoms with Crippen LogP contribution in [-0.4, -0.2) is 36.9 Å². The van der Waals surface area contributed by atoms with Gasteiger partial charge in [0.1, 0.15) is 23.2 Å². The molecule has 0 N–H and O–H groups in total. The average Bonchev–Trinajstić information content (AvgIpc) is 2.90. The number of carbonyl (C=O) groups excluding carboxylic acids is 2. The Morgan fingerprint density at radius 3 is 1.86 bits per heavy atom. The first kappa shape index (κ1) is 27.5. The Bertz CT molecular complexity index is 972. The zero-order valence-corrected chi connectivity index (χ0v) is 20.9. The molecular weight excluding hydrogens is 464 g/mol. The molecule has 194 valence electrons. The second-order valence-corrected chi connectivity index (χ2v) is 8.86. The molecule has 0 spiro atoms. The van der Waals surface area contributed by atoms with Crippen molar-refractivity contribution in [3.63, 3.8) is 0 Å². The highest BCUT2D eigenvalue weighted by molar-refractivity contribution is 5.89. The summed E-state index contributed by atoms with van der Waals surface area (Å²) in [6, 6.07) is 13.1. The first-order valence-corrected chi connectivity index (χ1v) is 12.3. The molecule has 0 heterocycles. The molecule has 8 nitrogen and oxygen atoms in total. The number of rotatable bonds is 12. The van der Waals surface area contributed by atoms with Crippen LogP contribution in [0.4, 0.5) is 0 Å². The zero-order chi connectivity index (χ0) is 26.0. The van der Waals surface area contributed by atoms with Crippen molar-refractivity contribution in [2.24, 2.45) is 5.92 Å². The van der Waals surface area contributed by atoms with Gasteiger partial charge >= 0.3 is 11.9 Å². The topological polar surface area (TPSA) is 89.5 Å². The summed E-state index contributed by atoms with van der Waals surface area (Å²) in [5.41, 5.74) is -0.677. The summed E-state index contributed by atoms with van der Waals surface area (Å²) in [6.45, 7) is 13.3. The van der Waals surface area contributed by atoms with E-state index in [1.807, 2.05) is 13.8 Å². The van der Waals surface area contributed by atoms with E-state index in [1.165, 1.54) is 0 Å². The number of benzene rings is 2. The van der Waals surface area contributed by atoms with Crippen molar-refractivity contribution in [3.8, 4) is 11.5 Å². The highest BCUT2D eigenvalue weighted by Gasteiger charge is 2.45. The second kappa shape index (κ2) is 13.3. The second-order valence-electron chi connectivity index (χ2n) is 8.86. The smallest absolute Gasteiger partial charge is 0.373 e. The third-order valence-electron chi connectivity index (χ3n) is 5.76. The van der Waals surface area contributed by atoms with Gasteiger partial charge in [0.05, 0.1) is 24.3 Å². The Balaban J connectivity index is 1.56. The van der Waals surface area contributed by atoms with E-state index in [4.69, 9.17) is 29.0 Å². The van der Waals surface area contributed by atoms with Crippen molar-refractivity contribution in [1.29, 1.82) is 0 Å². The van der Waals surface area contributed by atoms with Crippen molar-refractivity contribution < 1.29 is 38.6 Å². The third kappa shape index (κ3) is 7.70. The van der Waals surface area contributed by atoms with Gasteiger partial charge in [-0.1, -0.05) is 20.8 Å². The van der Waals surface area contributed by atoms with Crippen LogP contribution >= 0.6 is 0 Å². The van der Waals surface area contributed by atoms with Gasteiger partial charge in [-0.15, -0.1) is 0 Å². The van der Waals surface area contributed by atoms with Crippen LogP contribution in [0.15, 0.2) is 48.5 Å². The summed E-state index contributed by atoms with van der Waals surface area (Å²) in [5, 5.41) is 0. The van der Waals surface area contributed by atoms with Gasteiger partial charge < -0.3 is 9.47 Å². The highest BCUT2D eigenvalue weighted by Crippen LogP contribution is 2.37. The predicted molar refractivity (Wildman–Crippen MR) is 132 cm³/mol. The van der Waals surface area contributed by atoms with Gasteiger partial charge in [0.15, 0.2) is 0 Å². The molecule has 2 radical (unpaired) electrons. The summed E-state index contributed by atoms with van der Waals surface area (Å²) in [7, 11) is 0. The molecule has 3 atom stereocenters. The number of ether oxygens (including phenoxy) is 2. The Kier molecular flexibility index (Phi) is 10.1. The van der Waals surface area contributed by atoms with Gasteiger partial charge in [0, 0.05) is 0 Å². The Labute approximate surface area is 212 Å². The van der Waals surface area contributed by atoms with E-state index in [9.17, 15) is 9.59 Å². The molecule has 8 heteroatoms. The van der Waals surface area contributed by atoms with Crippen LogP contribution < -0.4 is 9.47 Å². The van der Waals surface area contributed by atoms with Crippen LogP contribution in [0.3, 0.4) is 0 Å². The molecule has 0 aromatic heterocycles. The van der Waals surface area contributed by atoms with Crippen molar-refractivity contribution in [2.45, 2.75) is 57.7 Å². The van der Waals surface area contributed by atoms with Crippen molar-refractivity contribution in [2.75, 3.05) is 13.2 Å². The maximum absolute atomic E-state index is 12.5. The van der Waals surface area contributed by atoms with Crippen molar-refractivity contribution in [3.05, 3.63) is 73.5 Å². The molecule has 0 saturated heterocycles. The lowest BCUT2D eigenvalue weighted by molar-refractivity contribution is -0.380. The molecule has 1 saturated carbocycles. The van der Waals surface area contributed by atoms with E-state index in [0.717, 1.165) is 12.8 Å². The number of hydrogen-bond donors (Lipinski definition) is 0. The fraction of sp³-hybridized carbons (Fsp3) is 0.429. The van der Waals surface area contributed by atoms with Crippen LogP contribution in [0.1, 0.15) is 66.7 Å². The largest absolute Gasteiger partial charge is 0.494 e. The summed E-state index contributed by atoms with van der Waals surface area (Å²) in [4.78, 5) is 46.1. The molecule has 36 heavy (non-hydrogen) atoms. The van der Waals surface area contributed by atoms with Crippen LogP contribution in [-0.2, 0) is 19.6 Å². The van der Waals surface area contributed by atoms with Crippen molar-refractivity contribution in [1.82, 2.24) is 0 Å². The SMILES string of the molecule is [CH2]C1CCC([CH2])(OOC(=O)c2ccc(OCCC)cc2)C(OOC(=O)c2ccc(OCCC)cc2)C1. The van der Waals surface area contributed by atoms with Gasteiger partial charge in [-0.3, -0.25) is 9.78 Å². The van der Waals surface area contributed by atoms with Crippen LogP contribution in [0.5, 0.6) is 11.5 Å². The zero-order valence-electron chi connectivity index (χ0n) is 20.9.